The second-order valence-electron chi connectivity index (χ2n) is 19.0. The standard InChI is InChI=1S/C51H56ClN3O7Si/c1-50(2,3)63(5,6)62-51-37(44(53-4)46-42(48(51)58)49(54-61-46)60-30-33-21-14-9-15-22-33)26-34-25-36-41(45(56)40(34)47(51)57)39(59-29-32-19-12-8-13-20-32)27-35(43(36)52)38-23-16-24-55(38)28-31-17-10-7-11-18-31/h7-15,17-22,27,34,37-38,44,53,57H,16,23-26,28-30H2,1-6H3/t34-,37-,38?,44-,51-/m0/s1. The maximum Gasteiger partial charge on any atom is 0.265 e. The number of Topliss-reactive ketones (excluding diaryl/α,β-unsaturated/α-hetero) is 2. The van der Waals surface area contributed by atoms with Crippen LogP contribution in [-0.4, -0.2) is 54.2 Å². The Bertz CT molecular complexity index is 2560. The van der Waals surface area contributed by atoms with E-state index in [4.69, 9.17) is 30.0 Å². The summed E-state index contributed by atoms with van der Waals surface area (Å²) in [6.45, 7) is 12.4. The quantitative estimate of drug-likeness (QED) is 0.117. The van der Waals surface area contributed by atoms with Crippen molar-refractivity contribution in [3.8, 4) is 11.6 Å². The molecule has 2 heterocycles. The van der Waals surface area contributed by atoms with Crippen LogP contribution in [0.1, 0.15) is 106 Å². The van der Waals surface area contributed by atoms with E-state index in [0.717, 1.165) is 42.6 Å². The molecule has 0 amide bonds. The molecule has 2 N–H and O–H groups in total. The van der Waals surface area contributed by atoms with Gasteiger partial charge in [-0.25, -0.2) is 0 Å². The molecular formula is C51H56ClN3O7Si. The zero-order valence-electron chi connectivity index (χ0n) is 36.9. The topological polar surface area (TPSA) is 123 Å². The van der Waals surface area contributed by atoms with Crippen molar-refractivity contribution in [3.63, 3.8) is 0 Å². The lowest BCUT2D eigenvalue weighted by Crippen LogP contribution is -2.65. The lowest BCUT2D eigenvalue weighted by molar-refractivity contribution is -0.0313. The highest BCUT2D eigenvalue weighted by atomic mass is 35.5. The lowest BCUT2D eigenvalue weighted by atomic mass is 9.58. The summed E-state index contributed by atoms with van der Waals surface area (Å²) in [7, 11) is -1.10. The number of carbonyl (C=O) groups excluding carboxylic acids is 2. The number of rotatable bonds is 12. The van der Waals surface area contributed by atoms with Gasteiger partial charge in [0.2, 0.25) is 5.78 Å². The van der Waals surface area contributed by atoms with Crippen molar-refractivity contribution < 1.29 is 33.1 Å². The SMILES string of the molecule is CN[C@@H]1c2onc(OCc3ccccc3)c2C(=O)[C@@]2(O[Si](C)(C)C(C)(C)C)C(O)=C3C(=O)c4c(OCc5ccccc5)cc(C5CCCN5Cc5ccccc5)c(Cl)c4C[C@H]3C[C@@H]12. The van der Waals surface area contributed by atoms with Crippen molar-refractivity contribution in [1.29, 1.82) is 0 Å². The number of aliphatic hydroxyl groups excluding tert-OH is 1. The zero-order chi connectivity index (χ0) is 44.3. The van der Waals surface area contributed by atoms with E-state index >= 15 is 9.59 Å². The van der Waals surface area contributed by atoms with E-state index < -0.39 is 43.4 Å². The summed E-state index contributed by atoms with van der Waals surface area (Å²) >= 11 is 7.59. The largest absolute Gasteiger partial charge is 0.508 e. The van der Waals surface area contributed by atoms with Crippen LogP contribution < -0.4 is 14.8 Å². The normalized spacial score (nSPS) is 23.5. The molecule has 9 rings (SSSR count). The number of aliphatic hydroxyl groups is 1. The first-order valence-electron chi connectivity index (χ1n) is 22.1. The summed E-state index contributed by atoms with van der Waals surface area (Å²) in [6, 6.07) is 31.2. The molecule has 1 saturated heterocycles. The highest BCUT2D eigenvalue weighted by molar-refractivity contribution is 6.74. The van der Waals surface area contributed by atoms with Crippen molar-refractivity contribution in [2.75, 3.05) is 13.6 Å². The average molecular weight is 887 g/mol. The average Bonchev–Trinajstić information content (AvgIpc) is 3.92. The number of hydrogen-bond acceptors (Lipinski definition) is 10. The van der Waals surface area contributed by atoms with Crippen molar-refractivity contribution in [2.24, 2.45) is 11.8 Å². The van der Waals surface area contributed by atoms with Gasteiger partial charge in [-0.3, -0.25) is 14.5 Å². The maximum atomic E-state index is 15.6. The van der Waals surface area contributed by atoms with Crippen molar-refractivity contribution in [3.05, 3.63) is 158 Å². The molecule has 1 aromatic heterocycles. The lowest BCUT2D eigenvalue weighted by Gasteiger charge is -2.54. The van der Waals surface area contributed by atoms with Crippen molar-refractivity contribution in [1.82, 2.24) is 15.4 Å². The van der Waals surface area contributed by atoms with Crippen LogP contribution in [0.5, 0.6) is 11.6 Å². The van der Waals surface area contributed by atoms with E-state index in [0.29, 0.717) is 40.5 Å². The van der Waals surface area contributed by atoms with Crippen LogP contribution in [-0.2, 0) is 30.6 Å². The number of allylic oxidation sites excluding steroid dienone is 1. The number of fused-ring (bicyclic) bond motifs is 4. The zero-order valence-corrected chi connectivity index (χ0v) is 38.6. The second-order valence-corrected chi connectivity index (χ2v) is 24.2. The molecule has 328 valence electrons. The number of benzene rings is 4. The number of ketones is 2. The number of halogens is 1. The summed E-state index contributed by atoms with van der Waals surface area (Å²) in [5.41, 5.74) is 3.31. The van der Waals surface area contributed by atoms with Gasteiger partial charge in [0, 0.05) is 29.1 Å². The van der Waals surface area contributed by atoms with Crippen LogP contribution in [0.4, 0.5) is 0 Å². The van der Waals surface area contributed by atoms with Gasteiger partial charge < -0.3 is 28.8 Å². The molecule has 0 radical (unpaired) electrons. The Balaban J connectivity index is 1.19. The molecule has 4 aliphatic rings. The molecule has 63 heavy (non-hydrogen) atoms. The molecule has 4 aromatic carbocycles. The monoisotopic (exact) mass is 885 g/mol. The van der Waals surface area contributed by atoms with Crippen LogP contribution in [0, 0.1) is 11.8 Å². The first kappa shape index (κ1) is 43.2. The Kier molecular flexibility index (Phi) is 11.5. The Morgan fingerprint density at radius 2 is 1.54 bits per heavy atom. The summed E-state index contributed by atoms with van der Waals surface area (Å²) < 4.78 is 26.2. The number of nitrogens with one attached hydrogen (secondary N) is 1. The van der Waals surface area contributed by atoms with Crippen LogP contribution in [0.3, 0.4) is 0 Å². The third-order valence-electron chi connectivity index (χ3n) is 14.2. The van der Waals surface area contributed by atoms with E-state index in [1.807, 2.05) is 72.8 Å². The molecule has 1 aliphatic heterocycles. The van der Waals surface area contributed by atoms with Crippen molar-refractivity contribution >= 4 is 31.5 Å². The van der Waals surface area contributed by atoms with Crippen LogP contribution in [0.15, 0.2) is 113 Å². The highest BCUT2D eigenvalue weighted by Gasteiger charge is 2.67. The van der Waals surface area contributed by atoms with Gasteiger partial charge in [-0.2, -0.15) is 0 Å². The molecular weight excluding hydrogens is 830 g/mol. The molecule has 12 heteroatoms. The van der Waals surface area contributed by atoms with Gasteiger partial charge >= 0.3 is 0 Å². The number of likely N-dealkylation sites (tertiary alicyclic amines) is 1. The Labute approximate surface area is 375 Å². The number of ether oxygens (including phenoxy) is 2. The maximum absolute atomic E-state index is 15.6. The predicted molar refractivity (Wildman–Crippen MR) is 245 cm³/mol. The minimum Gasteiger partial charge on any atom is -0.508 e. The fourth-order valence-electron chi connectivity index (χ4n) is 10.1. The fourth-order valence-corrected chi connectivity index (χ4v) is 11.9. The molecule has 0 spiro atoms. The molecule has 0 bridgehead atoms. The number of aromatic nitrogens is 1. The Morgan fingerprint density at radius 1 is 0.921 bits per heavy atom. The molecule has 3 aliphatic carbocycles. The van der Waals surface area contributed by atoms with E-state index in [1.54, 1.807) is 7.05 Å². The predicted octanol–water partition coefficient (Wildman–Crippen LogP) is 10.9. The molecule has 1 unspecified atom stereocenters. The molecule has 0 saturated carbocycles. The third-order valence-corrected chi connectivity index (χ3v) is 19.1. The van der Waals surface area contributed by atoms with Gasteiger partial charge in [-0.1, -0.05) is 123 Å². The van der Waals surface area contributed by atoms with E-state index in [9.17, 15) is 5.11 Å². The van der Waals surface area contributed by atoms with Crippen molar-refractivity contribution in [2.45, 2.75) is 102 Å². The number of hydrogen-bond donors (Lipinski definition) is 2. The van der Waals surface area contributed by atoms with E-state index in [-0.39, 0.29) is 47.1 Å². The first-order valence-corrected chi connectivity index (χ1v) is 25.4. The van der Waals surface area contributed by atoms with Crippen LogP contribution in [0.2, 0.25) is 23.2 Å². The minimum atomic E-state index is -2.90. The van der Waals surface area contributed by atoms with Crippen LogP contribution in [0.25, 0.3) is 0 Å². The van der Waals surface area contributed by atoms with Gasteiger partial charge in [0.15, 0.2) is 25.5 Å². The minimum absolute atomic E-state index is 0.00679. The summed E-state index contributed by atoms with van der Waals surface area (Å²) in [5, 5.41) is 21.0. The Hall–Kier alpha value is -5.04. The van der Waals surface area contributed by atoms with Gasteiger partial charge in [0.25, 0.3) is 5.88 Å². The van der Waals surface area contributed by atoms with Gasteiger partial charge in [-0.05, 0) is 102 Å². The molecule has 5 atom stereocenters. The van der Waals surface area contributed by atoms with Gasteiger partial charge in [0.1, 0.15) is 30.3 Å². The number of carbonyl (C=O) groups is 2. The molecule has 1 fully saturated rings. The summed E-state index contributed by atoms with van der Waals surface area (Å²) in [6.07, 6.45) is 2.59. The summed E-state index contributed by atoms with van der Waals surface area (Å²) in [4.78, 5) is 33.6. The van der Waals surface area contributed by atoms with E-state index in [1.165, 1.54) is 5.56 Å². The first-order chi connectivity index (χ1) is 30.2. The van der Waals surface area contributed by atoms with Gasteiger partial charge in [-0.15, -0.1) is 0 Å². The molecule has 5 aromatic rings. The fraction of sp³-hybridized carbons (Fsp3) is 0.392. The second kappa shape index (κ2) is 16.8. The number of nitrogens with zero attached hydrogens (tertiary/aromatic N) is 2. The summed E-state index contributed by atoms with van der Waals surface area (Å²) in [5.74, 6) is -1.74. The van der Waals surface area contributed by atoms with Crippen LogP contribution >= 0.6 is 11.6 Å². The Morgan fingerprint density at radius 3 is 2.16 bits per heavy atom. The highest BCUT2D eigenvalue weighted by Crippen LogP contribution is 2.59. The van der Waals surface area contributed by atoms with Gasteiger partial charge in [0.05, 0.1) is 11.6 Å². The smallest absolute Gasteiger partial charge is 0.265 e. The third kappa shape index (κ3) is 7.55. The van der Waals surface area contributed by atoms with E-state index in [2.05, 4.69) is 73.5 Å². The molecule has 10 nitrogen and oxygen atoms in total.